The zero-order valence-electron chi connectivity index (χ0n) is 12.2. The summed E-state index contributed by atoms with van der Waals surface area (Å²) >= 11 is 5.98. The van der Waals surface area contributed by atoms with Gasteiger partial charge in [0.2, 0.25) is 0 Å². The molecular weight excluding hydrogens is 329 g/mol. The SMILES string of the molecule is Cc1c(N2CC(O)(c3ccc(C(F)(F)F)cc3)C2)ccnc1Cl. The van der Waals surface area contributed by atoms with E-state index in [1.165, 1.54) is 12.1 Å². The standard InChI is InChI=1S/C16H14ClF3N2O/c1-10-13(6-7-21-14(10)17)22-8-15(23,9-22)11-2-4-12(5-3-11)16(18,19)20/h2-7,23H,8-9H2,1H3. The molecule has 0 atom stereocenters. The van der Waals surface area contributed by atoms with Gasteiger partial charge in [-0.1, -0.05) is 23.7 Å². The van der Waals surface area contributed by atoms with Crippen molar-refractivity contribution in [2.45, 2.75) is 18.7 Å². The maximum absolute atomic E-state index is 12.6. The summed E-state index contributed by atoms with van der Waals surface area (Å²) in [5.74, 6) is 0. The normalized spacial score (nSPS) is 17.0. The second kappa shape index (κ2) is 5.39. The van der Waals surface area contributed by atoms with Gasteiger partial charge in [0.25, 0.3) is 0 Å². The molecule has 1 saturated heterocycles. The largest absolute Gasteiger partial charge is 0.416 e. The molecule has 2 heterocycles. The average molecular weight is 343 g/mol. The lowest BCUT2D eigenvalue weighted by Gasteiger charge is -2.48. The molecule has 1 aromatic carbocycles. The number of benzene rings is 1. The lowest BCUT2D eigenvalue weighted by Crippen LogP contribution is -2.59. The molecule has 1 fully saturated rings. The van der Waals surface area contributed by atoms with Gasteiger partial charge in [-0.15, -0.1) is 0 Å². The maximum atomic E-state index is 12.6. The van der Waals surface area contributed by atoms with Gasteiger partial charge in [-0.05, 0) is 30.7 Å². The summed E-state index contributed by atoms with van der Waals surface area (Å²) in [4.78, 5) is 5.89. The van der Waals surface area contributed by atoms with Crippen LogP contribution in [-0.2, 0) is 11.8 Å². The van der Waals surface area contributed by atoms with Crippen molar-refractivity contribution < 1.29 is 18.3 Å². The predicted molar refractivity (Wildman–Crippen MR) is 81.5 cm³/mol. The van der Waals surface area contributed by atoms with Crippen molar-refractivity contribution >= 4 is 17.3 Å². The Balaban J connectivity index is 1.77. The van der Waals surface area contributed by atoms with E-state index in [9.17, 15) is 18.3 Å². The van der Waals surface area contributed by atoms with Crippen molar-refractivity contribution in [2.24, 2.45) is 0 Å². The fourth-order valence-electron chi connectivity index (χ4n) is 2.75. The number of halogens is 4. The van der Waals surface area contributed by atoms with Gasteiger partial charge < -0.3 is 10.0 Å². The summed E-state index contributed by atoms with van der Waals surface area (Å²) in [6.07, 6.45) is -2.79. The van der Waals surface area contributed by atoms with E-state index < -0.39 is 17.3 Å². The highest BCUT2D eigenvalue weighted by atomic mass is 35.5. The Labute approximate surface area is 136 Å². The number of hydrogen-bond acceptors (Lipinski definition) is 3. The summed E-state index contributed by atoms with van der Waals surface area (Å²) in [6.45, 7) is 2.42. The summed E-state index contributed by atoms with van der Waals surface area (Å²) < 4.78 is 37.8. The molecule has 1 aromatic heterocycles. The third-order valence-corrected chi connectivity index (χ3v) is 4.49. The van der Waals surface area contributed by atoms with Crippen LogP contribution in [0.2, 0.25) is 5.15 Å². The number of aliphatic hydroxyl groups is 1. The van der Waals surface area contributed by atoms with Crippen molar-refractivity contribution in [3.05, 3.63) is 58.4 Å². The van der Waals surface area contributed by atoms with Gasteiger partial charge in [-0.25, -0.2) is 4.98 Å². The monoisotopic (exact) mass is 342 g/mol. The third-order valence-electron chi connectivity index (χ3n) is 4.11. The number of anilines is 1. The van der Waals surface area contributed by atoms with E-state index in [0.717, 1.165) is 23.4 Å². The fourth-order valence-corrected chi connectivity index (χ4v) is 2.90. The minimum atomic E-state index is -4.38. The van der Waals surface area contributed by atoms with Gasteiger partial charge in [-0.3, -0.25) is 0 Å². The first-order valence-electron chi connectivity index (χ1n) is 6.97. The van der Waals surface area contributed by atoms with E-state index in [2.05, 4.69) is 4.98 Å². The van der Waals surface area contributed by atoms with E-state index in [1.54, 1.807) is 12.3 Å². The van der Waals surface area contributed by atoms with Crippen LogP contribution in [0, 0.1) is 6.92 Å². The van der Waals surface area contributed by atoms with E-state index >= 15 is 0 Å². The first kappa shape index (κ1) is 16.1. The van der Waals surface area contributed by atoms with Gasteiger partial charge >= 0.3 is 6.18 Å². The highest BCUT2D eigenvalue weighted by Gasteiger charge is 2.43. The molecule has 1 aliphatic heterocycles. The Morgan fingerprint density at radius 2 is 1.78 bits per heavy atom. The molecule has 3 rings (SSSR count). The minimum Gasteiger partial charge on any atom is -0.381 e. The minimum absolute atomic E-state index is 0.291. The lowest BCUT2D eigenvalue weighted by atomic mass is 9.85. The van der Waals surface area contributed by atoms with Crippen molar-refractivity contribution in [3.63, 3.8) is 0 Å². The number of β-amino-alcohol motifs (C(OH)–C–C–N with tert-alkyl or cyclic N) is 1. The number of alkyl halides is 3. The second-order valence-corrected chi connectivity index (χ2v) is 6.07. The first-order valence-corrected chi connectivity index (χ1v) is 7.35. The van der Waals surface area contributed by atoms with Crippen molar-refractivity contribution in [1.82, 2.24) is 4.98 Å². The molecule has 7 heteroatoms. The number of pyridine rings is 1. The molecule has 3 nitrogen and oxygen atoms in total. The van der Waals surface area contributed by atoms with Crippen LogP contribution >= 0.6 is 11.6 Å². The van der Waals surface area contributed by atoms with E-state index in [4.69, 9.17) is 11.6 Å². The molecule has 1 N–H and O–H groups in total. The Hall–Kier alpha value is -1.79. The topological polar surface area (TPSA) is 36.4 Å². The molecule has 1 aliphatic rings. The van der Waals surface area contributed by atoms with Crippen LogP contribution in [0.5, 0.6) is 0 Å². The van der Waals surface area contributed by atoms with E-state index in [1.807, 2.05) is 11.8 Å². The number of rotatable bonds is 2. The molecule has 0 saturated carbocycles. The van der Waals surface area contributed by atoms with Gasteiger partial charge in [-0.2, -0.15) is 13.2 Å². The fraction of sp³-hybridized carbons (Fsp3) is 0.312. The van der Waals surface area contributed by atoms with Gasteiger partial charge in [0.05, 0.1) is 18.7 Å². The summed E-state index contributed by atoms with van der Waals surface area (Å²) in [5.41, 5.74) is 0.259. The van der Waals surface area contributed by atoms with Crippen molar-refractivity contribution in [1.29, 1.82) is 0 Å². The third kappa shape index (κ3) is 2.88. The molecule has 0 bridgehead atoms. The van der Waals surface area contributed by atoms with Crippen LogP contribution in [0.1, 0.15) is 16.7 Å². The van der Waals surface area contributed by atoms with Gasteiger partial charge in [0.15, 0.2) is 0 Å². The Morgan fingerprint density at radius 3 is 2.35 bits per heavy atom. The highest BCUT2D eigenvalue weighted by molar-refractivity contribution is 6.30. The molecule has 23 heavy (non-hydrogen) atoms. The van der Waals surface area contributed by atoms with Gasteiger partial charge in [0.1, 0.15) is 10.8 Å². The predicted octanol–water partition coefficient (Wildman–Crippen LogP) is 3.77. The Kier molecular flexibility index (Phi) is 3.77. The van der Waals surface area contributed by atoms with Crippen LogP contribution < -0.4 is 4.90 Å². The summed E-state index contributed by atoms with van der Waals surface area (Å²) in [5, 5.41) is 11.0. The van der Waals surface area contributed by atoms with Gasteiger partial charge in [0, 0.05) is 17.4 Å². The molecule has 0 spiro atoms. The smallest absolute Gasteiger partial charge is 0.381 e. The van der Waals surface area contributed by atoms with Crippen LogP contribution in [0.4, 0.5) is 18.9 Å². The van der Waals surface area contributed by atoms with Crippen LogP contribution in [0.25, 0.3) is 0 Å². The zero-order chi connectivity index (χ0) is 16.8. The molecule has 2 aromatic rings. The Morgan fingerprint density at radius 1 is 1.17 bits per heavy atom. The van der Waals surface area contributed by atoms with Crippen LogP contribution in [-0.4, -0.2) is 23.2 Å². The molecule has 122 valence electrons. The number of aromatic nitrogens is 1. The van der Waals surface area contributed by atoms with Crippen LogP contribution in [0.3, 0.4) is 0 Å². The quantitative estimate of drug-likeness (QED) is 0.844. The highest BCUT2D eigenvalue weighted by Crippen LogP contribution is 2.38. The second-order valence-electron chi connectivity index (χ2n) is 5.71. The van der Waals surface area contributed by atoms with E-state index in [0.29, 0.717) is 23.8 Å². The molecule has 0 aliphatic carbocycles. The van der Waals surface area contributed by atoms with Crippen molar-refractivity contribution in [2.75, 3.05) is 18.0 Å². The molecular formula is C16H14ClF3N2O. The molecule has 0 amide bonds. The average Bonchev–Trinajstić information content (AvgIpc) is 2.46. The van der Waals surface area contributed by atoms with E-state index in [-0.39, 0.29) is 0 Å². The summed E-state index contributed by atoms with van der Waals surface area (Å²) in [7, 11) is 0. The number of nitrogens with zero attached hydrogens (tertiary/aromatic N) is 2. The zero-order valence-corrected chi connectivity index (χ0v) is 13.0. The Bertz CT molecular complexity index is 725. The van der Waals surface area contributed by atoms with Crippen LogP contribution in [0.15, 0.2) is 36.5 Å². The summed E-state index contributed by atoms with van der Waals surface area (Å²) in [6, 6.07) is 6.43. The maximum Gasteiger partial charge on any atom is 0.416 e. The van der Waals surface area contributed by atoms with Crippen molar-refractivity contribution in [3.8, 4) is 0 Å². The lowest BCUT2D eigenvalue weighted by molar-refractivity contribution is -0.137. The number of hydrogen-bond donors (Lipinski definition) is 1. The molecule has 0 unspecified atom stereocenters. The molecule has 0 radical (unpaired) electrons. The first-order chi connectivity index (χ1) is 10.7.